The topological polar surface area (TPSA) is 94.0 Å². The lowest BCUT2D eigenvalue weighted by molar-refractivity contribution is 0.306. The first kappa shape index (κ1) is 26.7. The summed E-state index contributed by atoms with van der Waals surface area (Å²) in [7, 11) is -0.799. The predicted molar refractivity (Wildman–Crippen MR) is 153 cm³/mol. The van der Waals surface area contributed by atoms with Crippen LogP contribution in [0.15, 0.2) is 79.3 Å². The Morgan fingerprint density at radius 3 is 2.67 bits per heavy atom. The van der Waals surface area contributed by atoms with Crippen LogP contribution in [0.3, 0.4) is 0 Å². The van der Waals surface area contributed by atoms with Crippen LogP contribution in [0.25, 0.3) is 16.7 Å². The number of hydrogen-bond donors (Lipinski definition) is 2. The van der Waals surface area contributed by atoms with Gasteiger partial charge in [0.1, 0.15) is 30.0 Å². The van der Waals surface area contributed by atoms with E-state index in [2.05, 4.69) is 20.6 Å². The second-order valence-electron chi connectivity index (χ2n) is 8.84. The highest BCUT2D eigenvalue weighted by Gasteiger charge is 2.12. The SMILES string of the molecule is CS(=O)CCNCc1ccc(-n2cc3ncnc(Nc4ccc(OCc5cccc(F)c5)c(Cl)c4)c3n2)cc1. The highest BCUT2D eigenvalue weighted by molar-refractivity contribution is 7.84. The van der Waals surface area contributed by atoms with Crippen molar-refractivity contribution in [3.63, 3.8) is 0 Å². The van der Waals surface area contributed by atoms with Gasteiger partial charge in [0.05, 0.1) is 16.9 Å². The third kappa shape index (κ3) is 6.97. The average Bonchev–Trinajstić information content (AvgIpc) is 3.37. The van der Waals surface area contributed by atoms with Gasteiger partial charge in [0, 0.05) is 41.6 Å². The van der Waals surface area contributed by atoms with E-state index in [1.165, 1.54) is 18.5 Å². The number of halogens is 2. The Labute approximate surface area is 232 Å². The summed E-state index contributed by atoms with van der Waals surface area (Å²) in [5, 5.41) is 11.7. The van der Waals surface area contributed by atoms with E-state index in [-0.39, 0.29) is 12.4 Å². The molecule has 0 spiro atoms. The maximum Gasteiger partial charge on any atom is 0.162 e. The molecule has 2 N–H and O–H groups in total. The molecule has 0 radical (unpaired) electrons. The van der Waals surface area contributed by atoms with Gasteiger partial charge in [-0.25, -0.2) is 19.0 Å². The van der Waals surface area contributed by atoms with E-state index in [9.17, 15) is 8.60 Å². The van der Waals surface area contributed by atoms with Crippen molar-refractivity contribution in [1.82, 2.24) is 25.1 Å². The fourth-order valence-corrected chi connectivity index (χ4v) is 4.56. The Morgan fingerprint density at radius 1 is 1.05 bits per heavy atom. The lowest BCUT2D eigenvalue weighted by atomic mass is 10.2. The monoisotopic (exact) mass is 564 g/mol. The van der Waals surface area contributed by atoms with Gasteiger partial charge in [0.15, 0.2) is 11.3 Å². The molecule has 0 bridgehead atoms. The maximum atomic E-state index is 13.4. The van der Waals surface area contributed by atoms with E-state index in [1.54, 1.807) is 35.2 Å². The Morgan fingerprint density at radius 2 is 1.90 bits per heavy atom. The smallest absolute Gasteiger partial charge is 0.162 e. The van der Waals surface area contributed by atoms with Crippen molar-refractivity contribution in [2.45, 2.75) is 13.2 Å². The first-order valence-corrected chi connectivity index (χ1v) is 14.3. The quantitative estimate of drug-likeness (QED) is 0.207. The summed E-state index contributed by atoms with van der Waals surface area (Å²) in [6, 6.07) is 19.6. The number of aromatic nitrogens is 4. The third-order valence-electron chi connectivity index (χ3n) is 5.88. The molecule has 0 aliphatic rings. The summed E-state index contributed by atoms with van der Waals surface area (Å²) in [4.78, 5) is 8.74. The molecule has 200 valence electrons. The van der Waals surface area contributed by atoms with Gasteiger partial charge in [0.2, 0.25) is 0 Å². The Bertz CT molecular complexity index is 1610. The molecule has 11 heteroatoms. The van der Waals surface area contributed by atoms with Crippen LogP contribution in [0.5, 0.6) is 5.75 Å². The van der Waals surface area contributed by atoms with E-state index in [0.717, 1.165) is 11.3 Å². The minimum Gasteiger partial charge on any atom is -0.487 e. The normalized spacial score (nSPS) is 12.0. The zero-order chi connectivity index (χ0) is 27.2. The second kappa shape index (κ2) is 12.3. The summed E-state index contributed by atoms with van der Waals surface area (Å²) >= 11 is 6.45. The molecular formula is C28H26ClFN6O2S. The lowest BCUT2D eigenvalue weighted by Crippen LogP contribution is -2.19. The second-order valence-corrected chi connectivity index (χ2v) is 10.8. The molecule has 0 saturated carbocycles. The summed E-state index contributed by atoms with van der Waals surface area (Å²) in [5.41, 5.74) is 4.73. The summed E-state index contributed by atoms with van der Waals surface area (Å²) in [5.74, 6) is 1.35. The zero-order valence-corrected chi connectivity index (χ0v) is 22.7. The molecule has 3 aromatic carbocycles. The van der Waals surface area contributed by atoms with Crippen molar-refractivity contribution in [3.05, 3.63) is 101 Å². The van der Waals surface area contributed by atoms with Gasteiger partial charge >= 0.3 is 0 Å². The third-order valence-corrected chi connectivity index (χ3v) is 6.95. The lowest BCUT2D eigenvalue weighted by Gasteiger charge is -2.11. The van der Waals surface area contributed by atoms with Gasteiger partial charge in [0.25, 0.3) is 0 Å². The molecule has 0 fully saturated rings. The van der Waals surface area contributed by atoms with Crippen LogP contribution in [0.2, 0.25) is 5.02 Å². The van der Waals surface area contributed by atoms with Crippen LogP contribution < -0.4 is 15.4 Å². The molecule has 1 atom stereocenters. The van der Waals surface area contributed by atoms with Crippen molar-refractivity contribution in [1.29, 1.82) is 0 Å². The molecule has 0 saturated heterocycles. The standard InChI is InChI=1S/C28H26ClFN6O2S/c1-39(37)12-11-31-15-19-5-8-23(9-6-19)36-16-25-27(35-36)28(33-18-32-25)34-22-7-10-26(24(29)14-22)38-17-20-3-2-4-21(30)13-20/h2-10,13-14,16,18,31H,11-12,15,17H2,1H3,(H,32,33,34). The fraction of sp³-hybridized carbons (Fsp3) is 0.179. The molecule has 2 aromatic heterocycles. The molecule has 1 unspecified atom stereocenters. The van der Waals surface area contributed by atoms with Crippen LogP contribution in [-0.2, 0) is 24.0 Å². The van der Waals surface area contributed by atoms with Gasteiger partial charge in [-0.1, -0.05) is 35.9 Å². The Hall–Kier alpha value is -3.86. The van der Waals surface area contributed by atoms with Crippen LogP contribution in [0.1, 0.15) is 11.1 Å². The molecule has 5 aromatic rings. The number of hydrogen-bond acceptors (Lipinski definition) is 7. The van der Waals surface area contributed by atoms with Gasteiger partial charge in [-0.2, -0.15) is 5.10 Å². The number of anilines is 2. The number of nitrogens with zero attached hydrogens (tertiary/aromatic N) is 4. The van der Waals surface area contributed by atoms with Crippen molar-refractivity contribution in [2.75, 3.05) is 23.9 Å². The minimum atomic E-state index is -0.799. The van der Waals surface area contributed by atoms with Gasteiger partial charge in [-0.05, 0) is 53.6 Å². The molecule has 0 aliphatic carbocycles. The summed E-state index contributed by atoms with van der Waals surface area (Å²) in [6.07, 6.45) is 5.03. The highest BCUT2D eigenvalue weighted by atomic mass is 35.5. The van der Waals surface area contributed by atoms with Crippen LogP contribution >= 0.6 is 11.6 Å². The number of nitrogens with one attached hydrogen (secondary N) is 2. The molecule has 0 amide bonds. The maximum absolute atomic E-state index is 13.4. The minimum absolute atomic E-state index is 0.201. The Balaban J connectivity index is 1.27. The van der Waals surface area contributed by atoms with E-state index in [4.69, 9.17) is 21.4 Å². The molecule has 39 heavy (non-hydrogen) atoms. The van der Waals surface area contributed by atoms with Crippen molar-refractivity contribution in [3.8, 4) is 11.4 Å². The number of fused-ring (bicyclic) bond motifs is 1. The summed E-state index contributed by atoms with van der Waals surface area (Å²) < 4.78 is 32.1. The van der Waals surface area contributed by atoms with E-state index in [0.29, 0.717) is 57.7 Å². The predicted octanol–water partition coefficient (Wildman–Crippen LogP) is 5.40. The molecule has 5 rings (SSSR count). The van der Waals surface area contributed by atoms with Crippen molar-refractivity contribution < 1.29 is 13.3 Å². The van der Waals surface area contributed by atoms with Crippen LogP contribution in [-0.4, -0.2) is 42.5 Å². The van der Waals surface area contributed by atoms with Crippen LogP contribution in [0, 0.1) is 5.82 Å². The summed E-state index contributed by atoms with van der Waals surface area (Å²) in [6.45, 7) is 1.61. The first-order chi connectivity index (χ1) is 18.9. The number of rotatable bonds is 11. The Kier molecular flexibility index (Phi) is 8.45. The number of ether oxygens (including phenoxy) is 1. The first-order valence-electron chi connectivity index (χ1n) is 12.2. The highest BCUT2D eigenvalue weighted by Crippen LogP contribution is 2.31. The van der Waals surface area contributed by atoms with Gasteiger partial charge < -0.3 is 15.4 Å². The van der Waals surface area contributed by atoms with Crippen molar-refractivity contribution >= 4 is 44.9 Å². The molecule has 8 nitrogen and oxygen atoms in total. The van der Waals surface area contributed by atoms with E-state index in [1.807, 2.05) is 36.5 Å². The molecule has 0 aliphatic heterocycles. The largest absolute Gasteiger partial charge is 0.487 e. The van der Waals surface area contributed by atoms with Crippen LogP contribution in [0.4, 0.5) is 15.9 Å². The van der Waals surface area contributed by atoms with Crippen molar-refractivity contribution in [2.24, 2.45) is 0 Å². The van der Waals surface area contributed by atoms with E-state index < -0.39 is 10.8 Å². The molecule has 2 heterocycles. The van der Waals surface area contributed by atoms with E-state index >= 15 is 0 Å². The van der Waals surface area contributed by atoms with Gasteiger partial charge in [-0.15, -0.1) is 0 Å². The van der Waals surface area contributed by atoms with Gasteiger partial charge in [-0.3, -0.25) is 4.21 Å². The fourth-order valence-electron chi connectivity index (χ4n) is 3.90. The average molecular weight is 565 g/mol. The number of benzene rings is 3. The zero-order valence-electron chi connectivity index (χ0n) is 21.1. The molecular weight excluding hydrogens is 539 g/mol.